The summed E-state index contributed by atoms with van der Waals surface area (Å²) < 4.78 is 5.76. The first kappa shape index (κ1) is 18.0. The fourth-order valence-electron chi connectivity index (χ4n) is 4.56. The molecule has 0 unspecified atom stereocenters. The van der Waals surface area contributed by atoms with Gasteiger partial charge in [0.25, 0.3) is 5.91 Å². The van der Waals surface area contributed by atoms with Crippen molar-refractivity contribution in [3.8, 4) is 11.8 Å². The van der Waals surface area contributed by atoms with Crippen LogP contribution in [0.15, 0.2) is 53.1 Å². The molecule has 5 nitrogen and oxygen atoms in total. The Hall–Kier alpha value is -3.10. The molecule has 5 heterocycles. The van der Waals surface area contributed by atoms with Gasteiger partial charge < -0.3 is 9.73 Å². The fourth-order valence-corrected chi connectivity index (χ4v) is 4.56. The first-order valence-electron chi connectivity index (χ1n) is 10.2. The lowest BCUT2D eigenvalue weighted by atomic mass is 9.79. The van der Waals surface area contributed by atoms with Crippen LogP contribution in [0.5, 0.6) is 0 Å². The Balaban J connectivity index is 1.35. The number of aromatic nitrogens is 1. The summed E-state index contributed by atoms with van der Waals surface area (Å²) in [5.41, 5.74) is 1.98. The molecule has 3 saturated heterocycles. The second-order valence-corrected chi connectivity index (χ2v) is 7.95. The zero-order chi connectivity index (χ0) is 19.8. The molecule has 1 aromatic carbocycles. The molecular formula is C24H23N3O2. The van der Waals surface area contributed by atoms with E-state index in [1.54, 1.807) is 12.3 Å². The molecule has 6 rings (SSSR count). The van der Waals surface area contributed by atoms with E-state index >= 15 is 0 Å². The van der Waals surface area contributed by atoms with Gasteiger partial charge in [0.1, 0.15) is 5.69 Å². The van der Waals surface area contributed by atoms with Gasteiger partial charge in [-0.25, -0.2) is 4.98 Å². The summed E-state index contributed by atoms with van der Waals surface area (Å²) >= 11 is 0. The third-order valence-electron chi connectivity index (χ3n) is 6.22. The van der Waals surface area contributed by atoms with Gasteiger partial charge in [-0.15, -0.1) is 0 Å². The molecule has 146 valence electrons. The van der Waals surface area contributed by atoms with Crippen molar-refractivity contribution in [3.63, 3.8) is 0 Å². The minimum absolute atomic E-state index is 0.115. The quantitative estimate of drug-likeness (QED) is 0.687. The topological polar surface area (TPSA) is 58.4 Å². The molecule has 1 N–H and O–H groups in total. The van der Waals surface area contributed by atoms with Gasteiger partial charge in [-0.05, 0) is 62.9 Å². The molecule has 0 aliphatic carbocycles. The van der Waals surface area contributed by atoms with Gasteiger partial charge in [0.05, 0.1) is 6.20 Å². The van der Waals surface area contributed by atoms with Crippen molar-refractivity contribution in [3.05, 3.63) is 65.7 Å². The summed E-state index contributed by atoms with van der Waals surface area (Å²) in [6, 6.07) is 14.0. The van der Waals surface area contributed by atoms with Crippen LogP contribution in [-0.4, -0.2) is 41.0 Å². The highest BCUT2D eigenvalue weighted by atomic mass is 16.3. The normalized spacial score (nSPS) is 25.4. The van der Waals surface area contributed by atoms with Gasteiger partial charge in [0, 0.05) is 29.1 Å². The van der Waals surface area contributed by atoms with Gasteiger partial charge in [0.15, 0.2) is 11.3 Å². The Morgan fingerprint density at radius 1 is 1.17 bits per heavy atom. The Labute approximate surface area is 170 Å². The maximum atomic E-state index is 12.8. The number of nitrogens with zero attached hydrogens (tertiary/aromatic N) is 2. The average Bonchev–Trinajstić information content (AvgIpc) is 3.18. The lowest BCUT2D eigenvalue weighted by Crippen LogP contribution is -2.62. The number of fused-ring (bicyclic) bond motifs is 4. The van der Waals surface area contributed by atoms with Crippen molar-refractivity contribution in [1.82, 2.24) is 15.2 Å². The second-order valence-electron chi connectivity index (χ2n) is 7.95. The van der Waals surface area contributed by atoms with Crippen molar-refractivity contribution in [2.45, 2.75) is 31.8 Å². The number of carbonyl (C=O) groups is 1. The van der Waals surface area contributed by atoms with Crippen LogP contribution < -0.4 is 5.32 Å². The molecule has 3 aliphatic heterocycles. The van der Waals surface area contributed by atoms with Crippen LogP contribution in [0.4, 0.5) is 0 Å². The van der Waals surface area contributed by atoms with Crippen LogP contribution in [0.25, 0.3) is 11.0 Å². The molecule has 29 heavy (non-hydrogen) atoms. The third kappa shape index (κ3) is 3.52. The number of hydrogen-bond donors (Lipinski definition) is 1. The van der Waals surface area contributed by atoms with Crippen molar-refractivity contribution >= 4 is 16.9 Å². The Morgan fingerprint density at radius 2 is 1.97 bits per heavy atom. The summed E-state index contributed by atoms with van der Waals surface area (Å²) in [6.07, 6.45) is 3.93. The highest BCUT2D eigenvalue weighted by Gasteiger charge is 2.40. The van der Waals surface area contributed by atoms with E-state index in [2.05, 4.69) is 34.0 Å². The zero-order valence-corrected chi connectivity index (χ0v) is 16.4. The number of rotatable bonds is 2. The molecule has 3 aliphatic rings. The van der Waals surface area contributed by atoms with Crippen LogP contribution in [0.3, 0.4) is 0 Å². The maximum Gasteiger partial charge on any atom is 0.270 e. The van der Waals surface area contributed by atoms with Crippen molar-refractivity contribution in [1.29, 1.82) is 0 Å². The number of carbonyl (C=O) groups excluding carboxylic acids is 1. The Morgan fingerprint density at radius 3 is 2.72 bits per heavy atom. The van der Waals surface area contributed by atoms with E-state index in [0.717, 1.165) is 36.9 Å². The average molecular weight is 385 g/mol. The monoisotopic (exact) mass is 385 g/mol. The predicted octanol–water partition coefficient (Wildman–Crippen LogP) is 3.44. The van der Waals surface area contributed by atoms with E-state index in [9.17, 15) is 4.79 Å². The highest BCUT2D eigenvalue weighted by Crippen LogP contribution is 2.32. The number of pyridine rings is 1. The molecule has 3 aromatic rings. The molecule has 2 aromatic heterocycles. The van der Waals surface area contributed by atoms with Gasteiger partial charge in [0.2, 0.25) is 0 Å². The summed E-state index contributed by atoms with van der Waals surface area (Å²) in [4.78, 5) is 19.6. The molecule has 5 heteroatoms. The Bertz CT molecular complexity index is 1100. The van der Waals surface area contributed by atoms with Gasteiger partial charge >= 0.3 is 0 Å². The molecule has 0 saturated carbocycles. The van der Waals surface area contributed by atoms with Crippen LogP contribution in [0.2, 0.25) is 0 Å². The molecular weight excluding hydrogens is 362 g/mol. The third-order valence-corrected chi connectivity index (χ3v) is 6.22. The summed E-state index contributed by atoms with van der Waals surface area (Å²) in [7, 11) is 0. The largest absolute Gasteiger partial charge is 0.446 e. The highest BCUT2D eigenvalue weighted by molar-refractivity contribution is 5.96. The second kappa shape index (κ2) is 7.38. The molecule has 0 radical (unpaired) electrons. The van der Waals surface area contributed by atoms with Crippen LogP contribution >= 0.6 is 0 Å². The lowest BCUT2D eigenvalue weighted by molar-refractivity contribution is 0.0216. The summed E-state index contributed by atoms with van der Waals surface area (Å²) in [5.74, 6) is 7.14. The molecule has 1 amide bonds. The van der Waals surface area contributed by atoms with Crippen LogP contribution in [0.1, 0.15) is 41.6 Å². The lowest BCUT2D eigenvalue weighted by Gasteiger charge is -2.49. The number of benzene rings is 1. The first-order valence-corrected chi connectivity index (χ1v) is 10.2. The van der Waals surface area contributed by atoms with E-state index < -0.39 is 0 Å². The predicted molar refractivity (Wildman–Crippen MR) is 111 cm³/mol. The van der Waals surface area contributed by atoms with Crippen molar-refractivity contribution in [2.24, 2.45) is 5.92 Å². The minimum Gasteiger partial charge on any atom is -0.446 e. The van der Waals surface area contributed by atoms with E-state index in [1.807, 2.05) is 36.4 Å². The number of hydrogen-bond acceptors (Lipinski definition) is 4. The van der Waals surface area contributed by atoms with Crippen molar-refractivity contribution < 1.29 is 9.21 Å². The SMILES string of the molecule is C[C@@H]1[C@H](NC(=O)c2cc3cc(C#Cc4ccccc4)oc3cn2)C2CCN1CC2. The van der Waals surface area contributed by atoms with E-state index in [4.69, 9.17) is 4.42 Å². The molecule has 3 fully saturated rings. The van der Waals surface area contributed by atoms with E-state index in [1.165, 1.54) is 0 Å². The number of nitrogens with one attached hydrogen (secondary N) is 1. The summed E-state index contributed by atoms with van der Waals surface area (Å²) in [5, 5.41) is 4.07. The number of piperidine rings is 3. The number of amides is 1. The van der Waals surface area contributed by atoms with Gasteiger partial charge in [-0.2, -0.15) is 0 Å². The molecule has 2 bridgehead atoms. The summed E-state index contributed by atoms with van der Waals surface area (Å²) in [6.45, 7) is 4.50. The minimum atomic E-state index is -0.115. The van der Waals surface area contributed by atoms with E-state index in [-0.39, 0.29) is 11.9 Å². The number of furan rings is 1. The van der Waals surface area contributed by atoms with Crippen LogP contribution in [0, 0.1) is 17.8 Å². The maximum absolute atomic E-state index is 12.8. The standard InChI is InChI=1S/C24H23N3O2/c1-16-23(18-9-11-27(16)12-10-18)26-24(28)21-14-19-13-20(29-22(19)15-25-21)8-7-17-5-3-2-4-6-17/h2-6,13-16,18,23H,9-12H2,1H3,(H,26,28)/t16-,23+/m1/s1. The van der Waals surface area contributed by atoms with E-state index in [0.29, 0.717) is 29.0 Å². The zero-order valence-electron chi connectivity index (χ0n) is 16.4. The fraction of sp³-hybridized carbons (Fsp3) is 0.333. The van der Waals surface area contributed by atoms with Gasteiger partial charge in [-0.1, -0.05) is 24.1 Å². The van der Waals surface area contributed by atoms with Gasteiger partial charge in [-0.3, -0.25) is 9.69 Å². The molecule has 0 spiro atoms. The molecule has 2 atom stereocenters. The van der Waals surface area contributed by atoms with Crippen LogP contribution in [-0.2, 0) is 0 Å². The first-order chi connectivity index (χ1) is 14.2. The van der Waals surface area contributed by atoms with Crippen molar-refractivity contribution in [2.75, 3.05) is 13.1 Å². The smallest absolute Gasteiger partial charge is 0.270 e. The Kier molecular flexibility index (Phi) is 4.57.